The number of nitrogen functional groups attached to an aromatic ring is 1. The van der Waals surface area contributed by atoms with Gasteiger partial charge in [-0.3, -0.25) is 0 Å². The van der Waals surface area contributed by atoms with Gasteiger partial charge in [0.15, 0.2) is 0 Å². The zero-order valence-corrected chi connectivity index (χ0v) is 10.2. The first-order valence-electron chi connectivity index (χ1n) is 5.48. The molecule has 17 heavy (non-hydrogen) atoms. The van der Waals surface area contributed by atoms with Crippen LogP contribution in [0, 0.1) is 13.8 Å². The summed E-state index contributed by atoms with van der Waals surface area (Å²) in [4.78, 5) is 8.37. The van der Waals surface area contributed by atoms with Crippen molar-refractivity contribution in [1.29, 1.82) is 0 Å². The third kappa shape index (κ3) is 2.38. The van der Waals surface area contributed by atoms with Gasteiger partial charge >= 0.3 is 0 Å². The zero-order valence-electron chi connectivity index (χ0n) is 10.2. The zero-order chi connectivity index (χ0) is 12.4. The summed E-state index contributed by atoms with van der Waals surface area (Å²) in [5.74, 6) is 2.08. The van der Waals surface area contributed by atoms with E-state index in [-0.39, 0.29) is 6.04 Å². The smallest absolute Gasteiger partial charge is 0.216 e. The minimum atomic E-state index is -0.0692. The van der Waals surface area contributed by atoms with Crippen molar-refractivity contribution in [3.63, 3.8) is 0 Å². The molecular weight excluding hydrogens is 216 g/mol. The molecule has 0 saturated carbocycles. The molecule has 0 spiro atoms. The van der Waals surface area contributed by atoms with Crippen LogP contribution in [0.25, 0.3) is 0 Å². The van der Waals surface area contributed by atoms with Gasteiger partial charge in [-0.05, 0) is 32.4 Å². The van der Waals surface area contributed by atoms with Crippen molar-refractivity contribution < 1.29 is 4.42 Å². The summed E-state index contributed by atoms with van der Waals surface area (Å²) in [6, 6.07) is 1.81. The standard InChI is InChI=1S/C12H16N4O/c1-7-4-5-14-11(10(7)13)16-9(3)12-15-6-8(2)17-12/h4-6,9H,13H2,1-3H3,(H,14,16). The molecule has 0 aliphatic heterocycles. The topological polar surface area (TPSA) is 77.0 Å². The monoisotopic (exact) mass is 232 g/mol. The Bertz CT molecular complexity index is 521. The Morgan fingerprint density at radius 1 is 1.35 bits per heavy atom. The van der Waals surface area contributed by atoms with E-state index in [0.29, 0.717) is 17.4 Å². The molecule has 0 aromatic carbocycles. The van der Waals surface area contributed by atoms with Crippen LogP contribution in [0.15, 0.2) is 22.9 Å². The molecule has 0 aliphatic rings. The van der Waals surface area contributed by atoms with Gasteiger partial charge in [-0.15, -0.1) is 0 Å². The Balaban J connectivity index is 2.18. The number of aryl methyl sites for hydroxylation is 2. The molecule has 5 heteroatoms. The van der Waals surface area contributed by atoms with Crippen molar-refractivity contribution >= 4 is 11.5 Å². The minimum Gasteiger partial charge on any atom is -0.444 e. The Hall–Kier alpha value is -2.04. The number of aromatic nitrogens is 2. The molecule has 0 fully saturated rings. The Morgan fingerprint density at radius 3 is 2.76 bits per heavy atom. The molecule has 0 radical (unpaired) electrons. The molecule has 0 amide bonds. The lowest BCUT2D eigenvalue weighted by molar-refractivity contribution is 0.453. The average Bonchev–Trinajstić information content (AvgIpc) is 2.72. The number of rotatable bonds is 3. The SMILES string of the molecule is Cc1cnc(C(C)Nc2nccc(C)c2N)o1. The molecule has 2 heterocycles. The molecule has 3 N–H and O–H groups in total. The van der Waals surface area contributed by atoms with Gasteiger partial charge in [-0.2, -0.15) is 0 Å². The van der Waals surface area contributed by atoms with Gasteiger partial charge in [0.05, 0.1) is 11.9 Å². The van der Waals surface area contributed by atoms with Crippen LogP contribution in [0.5, 0.6) is 0 Å². The van der Waals surface area contributed by atoms with Crippen LogP contribution >= 0.6 is 0 Å². The highest BCUT2D eigenvalue weighted by molar-refractivity contribution is 5.65. The predicted molar refractivity (Wildman–Crippen MR) is 66.7 cm³/mol. The summed E-state index contributed by atoms with van der Waals surface area (Å²) in [6.45, 7) is 5.76. The van der Waals surface area contributed by atoms with Gasteiger partial charge < -0.3 is 15.5 Å². The lowest BCUT2D eigenvalue weighted by atomic mass is 10.2. The van der Waals surface area contributed by atoms with Crippen molar-refractivity contribution in [1.82, 2.24) is 9.97 Å². The molecular formula is C12H16N4O. The number of hydrogen-bond acceptors (Lipinski definition) is 5. The lowest BCUT2D eigenvalue weighted by Crippen LogP contribution is -2.10. The Kier molecular flexibility index (Phi) is 2.99. The maximum absolute atomic E-state index is 5.94. The summed E-state index contributed by atoms with van der Waals surface area (Å²) < 4.78 is 5.45. The number of oxazole rings is 1. The highest BCUT2D eigenvalue weighted by Gasteiger charge is 2.13. The molecule has 0 bridgehead atoms. The molecule has 1 atom stereocenters. The van der Waals surface area contributed by atoms with Gasteiger partial charge in [0.1, 0.15) is 17.6 Å². The molecule has 0 aliphatic carbocycles. The fraction of sp³-hybridized carbons (Fsp3) is 0.333. The Labute approximate surface area is 100 Å². The van der Waals surface area contributed by atoms with Crippen LogP contribution < -0.4 is 11.1 Å². The van der Waals surface area contributed by atoms with E-state index in [9.17, 15) is 0 Å². The van der Waals surface area contributed by atoms with E-state index in [1.54, 1.807) is 12.4 Å². The number of nitrogens with zero attached hydrogens (tertiary/aromatic N) is 2. The summed E-state index contributed by atoms with van der Waals surface area (Å²) in [5.41, 5.74) is 7.59. The van der Waals surface area contributed by atoms with Crippen LogP contribution in [0.2, 0.25) is 0 Å². The second kappa shape index (κ2) is 4.45. The maximum Gasteiger partial charge on any atom is 0.216 e. The van der Waals surface area contributed by atoms with Crippen molar-refractivity contribution in [3.8, 4) is 0 Å². The van der Waals surface area contributed by atoms with E-state index in [1.165, 1.54) is 0 Å². The number of nitrogens with one attached hydrogen (secondary N) is 1. The molecule has 1 unspecified atom stereocenters. The Morgan fingerprint density at radius 2 is 2.12 bits per heavy atom. The van der Waals surface area contributed by atoms with E-state index in [2.05, 4.69) is 15.3 Å². The fourth-order valence-electron chi connectivity index (χ4n) is 1.52. The van der Waals surface area contributed by atoms with Crippen molar-refractivity contribution in [2.45, 2.75) is 26.8 Å². The lowest BCUT2D eigenvalue weighted by Gasteiger charge is -2.13. The molecule has 90 valence electrons. The van der Waals surface area contributed by atoms with Crippen molar-refractivity contribution in [2.24, 2.45) is 0 Å². The van der Waals surface area contributed by atoms with Crippen LogP contribution in [-0.4, -0.2) is 9.97 Å². The first-order valence-corrected chi connectivity index (χ1v) is 5.48. The first-order chi connectivity index (χ1) is 8.08. The largest absolute Gasteiger partial charge is 0.444 e. The second-order valence-corrected chi connectivity index (χ2v) is 4.07. The average molecular weight is 232 g/mol. The number of hydrogen-bond donors (Lipinski definition) is 2. The third-order valence-electron chi connectivity index (χ3n) is 2.57. The number of anilines is 2. The summed E-state index contributed by atoms with van der Waals surface area (Å²) >= 11 is 0. The van der Waals surface area contributed by atoms with E-state index in [4.69, 9.17) is 10.2 Å². The normalized spacial score (nSPS) is 12.4. The van der Waals surface area contributed by atoms with E-state index in [1.807, 2.05) is 26.8 Å². The molecule has 2 aromatic heterocycles. The van der Waals surface area contributed by atoms with Gasteiger partial charge in [0.25, 0.3) is 0 Å². The van der Waals surface area contributed by atoms with Crippen LogP contribution in [-0.2, 0) is 0 Å². The minimum absolute atomic E-state index is 0.0692. The first kappa shape index (κ1) is 11.4. The van der Waals surface area contributed by atoms with Gasteiger partial charge in [-0.1, -0.05) is 0 Å². The molecule has 5 nitrogen and oxygen atoms in total. The highest BCUT2D eigenvalue weighted by atomic mass is 16.4. The molecule has 0 saturated heterocycles. The van der Waals surface area contributed by atoms with Crippen molar-refractivity contribution in [3.05, 3.63) is 35.7 Å². The van der Waals surface area contributed by atoms with Gasteiger partial charge in [0, 0.05) is 6.20 Å². The fourth-order valence-corrected chi connectivity index (χ4v) is 1.52. The van der Waals surface area contributed by atoms with E-state index >= 15 is 0 Å². The maximum atomic E-state index is 5.94. The van der Waals surface area contributed by atoms with Gasteiger partial charge in [-0.25, -0.2) is 9.97 Å². The number of nitrogens with two attached hydrogens (primary N) is 1. The summed E-state index contributed by atoms with van der Waals surface area (Å²) in [7, 11) is 0. The summed E-state index contributed by atoms with van der Waals surface area (Å²) in [6.07, 6.45) is 3.42. The van der Waals surface area contributed by atoms with Gasteiger partial charge in [0.2, 0.25) is 5.89 Å². The number of pyridine rings is 1. The van der Waals surface area contributed by atoms with Crippen LogP contribution in [0.1, 0.15) is 30.2 Å². The van der Waals surface area contributed by atoms with Crippen molar-refractivity contribution in [2.75, 3.05) is 11.1 Å². The third-order valence-corrected chi connectivity index (χ3v) is 2.57. The highest BCUT2D eigenvalue weighted by Crippen LogP contribution is 2.23. The molecule has 2 aromatic rings. The molecule has 2 rings (SSSR count). The second-order valence-electron chi connectivity index (χ2n) is 4.07. The quantitative estimate of drug-likeness (QED) is 0.849. The van der Waals surface area contributed by atoms with E-state index < -0.39 is 0 Å². The predicted octanol–water partition coefficient (Wildman–Crippen LogP) is 2.44. The van der Waals surface area contributed by atoms with E-state index in [0.717, 1.165) is 11.3 Å². The van der Waals surface area contributed by atoms with Crippen LogP contribution in [0.3, 0.4) is 0 Å². The summed E-state index contributed by atoms with van der Waals surface area (Å²) in [5, 5.41) is 3.19. The van der Waals surface area contributed by atoms with Crippen LogP contribution in [0.4, 0.5) is 11.5 Å².